The van der Waals surface area contributed by atoms with Gasteiger partial charge in [-0.15, -0.1) is 11.3 Å². The Hall–Kier alpha value is -1.95. The number of benzene rings is 1. The number of aromatic nitrogens is 1. The molecule has 132 valence electrons. The molecule has 3 heterocycles. The number of carbonyl (C=O) groups is 2. The Morgan fingerprint density at radius 3 is 3.08 bits per heavy atom. The smallest absolute Gasteiger partial charge is 0.253 e. The lowest BCUT2D eigenvalue weighted by Gasteiger charge is -2.47. The molecule has 0 spiro atoms. The van der Waals surface area contributed by atoms with E-state index in [2.05, 4.69) is 16.8 Å². The Bertz CT molecular complexity index is 803. The lowest BCUT2D eigenvalue weighted by atomic mass is 9.83. The number of carbonyl (C=O) groups excluding carboxylic acids is 2. The number of piperidine rings is 2. The van der Waals surface area contributed by atoms with E-state index in [1.807, 2.05) is 28.6 Å². The predicted octanol–water partition coefficient (Wildman–Crippen LogP) is 3.16. The average molecular weight is 357 g/mol. The minimum absolute atomic E-state index is 0.104. The number of fused-ring (bicyclic) bond motifs is 2. The fraction of sp³-hybridized carbons (Fsp3) is 0.526. The summed E-state index contributed by atoms with van der Waals surface area (Å²) in [5, 5.41) is 0. The molecular weight excluding hydrogens is 334 g/mol. The second-order valence-electron chi connectivity index (χ2n) is 7.03. The number of rotatable bonds is 3. The fourth-order valence-corrected chi connectivity index (χ4v) is 4.95. The van der Waals surface area contributed by atoms with Crippen LogP contribution in [0.4, 0.5) is 0 Å². The first-order chi connectivity index (χ1) is 12.2. The molecule has 2 aromatic rings. The molecule has 6 heteroatoms. The van der Waals surface area contributed by atoms with Crippen LogP contribution in [0.3, 0.4) is 0 Å². The molecule has 0 aliphatic carbocycles. The van der Waals surface area contributed by atoms with E-state index < -0.39 is 0 Å². The van der Waals surface area contributed by atoms with E-state index in [0.29, 0.717) is 24.3 Å². The van der Waals surface area contributed by atoms with Crippen molar-refractivity contribution < 1.29 is 9.59 Å². The second-order valence-corrected chi connectivity index (χ2v) is 7.91. The van der Waals surface area contributed by atoms with E-state index in [1.54, 1.807) is 11.3 Å². The lowest BCUT2D eigenvalue weighted by Crippen LogP contribution is -2.57. The summed E-state index contributed by atoms with van der Waals surface area (Å²) in [5.41, 5.74) is 3.50. The molecule has 25 heavy (non-hydrogen) atoms. The maximum Gasteiger partial charge on any atom is 0.253 e. The molecule has 2 aliphatic rings. The minimum Gasteiger partial charge on any atom is -0.339 e. The van der Waals surface area contributed by atoms with Crippen molar-refractivity contribution in [2.24, 2.45) is 5.92 Å². The summed E-state index contributed by atoms with van der Waals surface area (Å²) < 4.78 is 1.05. The van der Waals surface area contributed by atoms with Crippen LogP contribution in [-0.4, -0.2) is 52.3 Å². The second kappa shape index (κ2) is 6.75. The predicted molar refractivity (Wildman–Crippen MR) is 98.7 cm³/mol. The van der Waals surface area contributed by atoms with Gasteiger partial charge < -0.3 is 9.80 Å². The summed E-state index contributed by atoms with van der Waals surface area (Å²) >= 11 is 1.56. The van der Waals surface area contributed by atoms with Crippen LogP contribution >= 0.6 is 11.3 Å². The van der Waals surface area contributed by atoms with E-state index in [9.17, 15) is 9.59 Å². The SMILES string of the molecule is CCCN1C(=O)CC[C@H]2CN(C(=O)c3ccc4ncsc4c3)CC[C@H]21. The van der Waals surface area contributed by atoms with Crippen LogP contribution in [-0.2, 0) is 4.79 Å². The Balaban J connectivity index is 1.49. The molecule has 0 unspecified atom stereocenters. The molecule has 0 bridgehead atoms. The first-order valence-corrected chi connectivity index (χ1v) is 9.97. The monoisotopic (exact) mass is 357 g/mol. The molecule has 2 fully saturated rings. The van der Waals surface area contributed by atoms with Crippen molar-refractivity contribution in [2.45, 2.75) is 38.6 Å². The van der Waals surface area contributed by atoms with Crippen LogP contribution in [0.5, 0.6) is 0 Å². The zero-order chi connectivity index (χ0) is 17.4. The summed E-state index contributed by atoms with van der Waals surface area (Å²) in [6.45, 7) is 4.45. The topological polar surface area (TPSA) is 53.5 Å². The highest BCUT2D eigenvalue weighted by Crippen LogP contribution is 2.32. The third-order valence-electron chi connectivity index (χ3n) is 5.47. The highest BCUT2D eigenvalue weighted by molar-refractivity contribution is 7.16. The van der Waals surface area contributed by atoms with Gasteiger partial charge in [0.2, 0.25) is 5.91 Å². The van der Waals surface area contributed by atoms with Gasteiger partial charge in [0.1, 0.15) is 0 Å². The molecule has 2 atom stereocenters. The summed E-state index contributed by atoms with van der Waals surface area (Å²) in [6.07, 6.45) is 3.41. The lowest BCUT2D eigenvalue weighted by molar-refractivity contribution is -0.140. The van der Waals surface area contributed by atoms with Gasteiger partial charge in [-0.2, -0.15) is 0 Å². The summed E-state index contributed by atoms with van der Waals surface area (Å²) in [4.78, 5) is 33.5. The largest absolute Gasteiger partial charge is 0.339 e. The van der Waals surface area contributed by atoms with Crippen LogP contribution in [0.15, 0.2) is 23.7 Å². The van der Waals surface area contributed by atoms with Gasteiger partial charge in [0.15, 0.2) is 0 Å². The minimum atomic E-state index is 0.104. The Morgan fingerprint density at radius 2 is 2.24 bits per heavy atom. The highest BCUT2D eigenvalue weighted by atomic mass is 32.1. The van der Waals surface area contributed by atoms with Gasteiger partial charge in [-0.1, -0.05) is 6.92 Å². The van der Waals surface area contributed by atoms with Gasteiger partial charge in [-0.3, -0.25) is 9.59 Å². The fourth-order valence-electron chi connectivity index (χ4n) is 4.24. The normalized spacial score (nSPS) is 23.8. The van der Waals surface area contributed by atoms with Crippen LogP contribution in [0, 0.1) is 5.92 Å². The van der Waals surface area contributed by atoms with E-state index in [4.69, 9.17) is 0 Å². The molecule has 5 nitrogen and oxygen atoms in total. The van der Waals surface area contributed by atoms with Crippen molar-refractivity contribution in [3.63, 3.8) is 0 Å². The summed E-state index contributed by atoms with van der Waals surface area (Å²) in [5.74, 6) is 0.806. The molecule has 4 rings (SSSR count). The maximum absolute atomic E-state index is 12.9. The van der Waals surface area contributed by atoms with Crippen LogP contribution < -0.4 is 0 Å². The molecule has 1 aromatic heterocycles. The average Bonchev–Trinajstić information content (AvgIpc) is 3.11. The third-order valence-corrected chi connectivity index (χ3v) is 6.27. The Morgan fingerprint density at radius 1 is 1.36 bits per heavy atom. The van der Waals surface area contributed by atoms with Gasteiger partial charge in [0.25, 0.3) is 5.91 Å². The van der Waals surface area contributed by atoms with Crippen molar-refractivity contribution in [2.75, 3.05) is 19.6 Å². The molecule has 2 amide bonds. The quantitative estimate of drug-likeness (QED) is 0.848. The Labute approximate surface area is 151 Å². The number of amides is 2. The first kappa shape index (κ1) is 16.5. The maximum atomic E-state index is 12.9. The third kappa shape index (κ3) is 3.03. The number of likely N-dealkylation sites (tertiary alicyclic amines) is 2. The van der Waals surface area contributed by atoms with Crippen molar-refractivity contribution in [1.82, 2.24) is 14.8 Å². The van der Waals surface area contributed by atoms with Crippen LogP contribution in [0.25, 0.3) is 10.2 Å². The van der Waals surface area contributed by atoms with E-state index in [-0.39, 0.29) is 5.91 Å². The van der Waals surface area contributed by atoms with Gasteiger partial charge in [-0.25, -0.2) is 4.98 Å². The zero-order valence-corrected chi connectivity index (χ0v) is 15.3. The van der Waals surface area contributed by atoms with Gasteiger partial charge >= 0.3 is 0 Å². The number of hydrogen-bond donors (Lipinski definition) is 0. The molecule has 2 saturated heterocycles. The number of hydrogen-bond acceptors (Lipinski definition) is 4. The summed E-state index contributed by atoms with van der Waals surface area (Å²) in [7, 11) is 0. The first-order valence-electron chi connectivity index (χ1n) is 9.09. The standard InChI is InChI=1S/C19H23N3O2S/c1-2-8-22-16-7-9-21(11-14(16)4-6-18(22)23)19(24)13-3-5-15-17(10-13)25-12-20-15/h3,5,10,12,14,16H,2,4,6-9,11H2,1H3/t14-,16+/m0/s1. The number of thiazole rings is 1. The molecule has 1 aromatic carbocycles. The Kier molecular flexibility index (Phi) is 4.46. The van der Waals surface area contributed by atoms with Crippen molar-refractivity contribution >= 4 is 33.4 Å². The zero-order valence-electron chi connectivity index (χ0n) is 14.5. The molecular formula is C19H23N3O2S. The molecule has 0 saturated carbocycles. The molecule has 0 N–H and O–H groups in total. The van der Waals surface area contributed by atoms with Crippen LogP contribution in [0.2, 0.25) is 0 Å². The summed E-state index contributed by atoms with van der Waals surface area (Å²) in [6, 6.07) is 6.07. The van der Waals surface area contributed by atoms with E-state index >= 15 is 0 Å². The van der Waals surface area contributed by atoms with E-state index in [0.717, 1.165) is 54.7 Å². The van der Waals surface area contributed by atoms with Gasteiger partial charge in [-0.05, 0) is 43.4 Å². The highest BCUT2D eigenvalue weighted by Gasteiger charge is 2.40. The van der Waals surface area contributed by atoms with Crippen molar-refractivity contribution in [1.29, 1.82) is 0 Å². The van der Waals surface area contributed by atoms with Gasteiger partial charge in [0, 0.05) is 37.7 Å². The number of nitrogens with zero attached hydrogens (tertiary/aromatic N) is 3. The van der Waals surface area contributed by atoms with Crippen molar-refractivity contribution in [3.05, 3.63) is 29.3 Å². The van der Waals surface area contributed by atoms with E-state index in [1.165, 1.54) is 0 Å². The van der Waals surface area contributed by atoms with Crippen molar-refractivity contribution in [3.8, 4) is 0 Å². The molecule has 0 radical (unpaired) electrons. The van der Waals surface area contributed by atoms with Gasteiger partial charge in [0.05, 0.1) is 15.7 Å². The van der Waals surface area contributed by atoms with Crippen LogP contribution in [0.1, 0.15) is 43.0 Å². The molecule has 2 aliphatic heterocycles.